The van der Waals surface area contributed by atoms with Gasteiger partial charge in [0.1, 0.15) is 5.75 Å². The van der Waals surface area contributed by atoms with Crippen LogP contribution in [-0.4, -0.2) is 33.0 Å². The summed E-state index contributed by atoms with van der Waals surface area (Å²) in [6.45, 7) is 0.900. The van der Waals surface area contributed by atoms with Gasteiger partial charge < -0.3 is 19.1 Å². The number of hydrogen-bond donors (Lipinski definition) is 4. The number of hydrogen-bond acceptors (Lipinski definition) is 4. The second-order valence-electron chi connectivity index (χ2n) is 15.4. The quantitative estimate of drug-likeness (QED) is 0.0432. The first-order chi connectivity index (χ1) is 24.8. The number of rotatable bonds is 14. The van der Waals surface area contributed by atoms with Gasteiger partial charge in [0.25, 0.3) is 0 Å². The minimum atomic E-state index is -4.19. The Morgan fingerprint density at radius 1 is 0.824 bits per heavy atom. The van der Waals surface area contributed by atoms with Gasteiger partial charge >= 0.3 is 7.60 Å². The Morgan fingerprint density at radius 3 is 2.08 bits per heavy atom. The number of nitrogens with two attached hydrogens (primary N) is 1. The molecule has 8 nitrogen and oxygen atoms in total. The standard InChI is InChI=1S/C42H64N3O5P/c43-44-42(46)37-26-19-27-39-40(37)38-31-36(50-28-29-51(47,48)49)30-35(25-18-11-10-13-20-33-21-16-12-17-22-33)41(38)45(39)32-34-23-14-8-6-4-2-1-3-5-7-9-15-24-34/h12,16-17,21-22,30-31,34,37H,1-11,13-15,18-20,23-29,32,43H2,(H,44,46)(H2,47,48,49). The Kier molecular flexibility index (Phi) is 16.0. The first-order valence-corrected chi connectivity index (χ1v) is 22.0. The predicted molar refractivity (Wildman–Crippen MR) is 208 cm³/mol. The van der Waals surface area contributed by atoms with Gasteiger partial charge in [0, 0.05) is 17.6 Å². The van der Waals surface area contributed by atoms with Crippen molar-refractivity contribution in [2.24, 2.45) is 11.8 Å². The van der Waals surface area contributed by atoms with Crippen LogP contribution in [0.3, 0.4) is 0 Å². The van der Waals surface area contributed by atoms with Gasteiger partial charge in [-0.15, -0.1) is 0 Å². The monoisotopic (exact) mass is 721 g/mol. The lowest BCUT2D eigenvalue weighted by molar-refractivity contribution is -0.122. The van der Waals surface area contributed by atoms with Crippen molar-refractivity contribution in [3.8, 4) is 5.75 Å². The largest absolute Gasteiger partial charge is 0.493 e. The summed E-state index contributed by atoms with van der Waals surface area (Å²) in [5.74, 6) is 6.49. The first-order valence-electron chi connectivity index (χ1n) is 20.2. The lowest BCUT2D eigenvalue weighted by Gasteiger charge is -2.25. The number of carbonyl (C=O) groups is 1. The van der Waals surface area contributed by atoms with Crippen molar-refractivity contribution in [2.75, 3.05) is 12.8 Å². The van der Waals surface area contributed by atoms with Gasteiger partial charge in [-0.25, -0.2) is 5.84 Å². The first kappa shape index (κ1) is 39.6. The average molecular weight is 722 g/mol. The van der Waals surface area contributed by atoms with Crippen LogP contribution in [0.1, 0.15) is 150 Å². The van der Waals surface area contributed by atoms with Crippen molar-refractivity contribution in [1.29, 1.82) is 0 Å². The molecule has 1 unspecified atom stereocenters. The molecule has 2 aliphatic rings. The van der Waals surface area contributed by atoms with Gasteiger partial charge in [-0.1, -0.05) is 114 Å². The molecule has 1 atom stereocenters. The SMILES string of the molecule is NNC(=O)C1CCCc2c1c1cc(OCCP(=O)(O)O)cc(CCCCCCc3ccccc3)c1n2CC1CCCCCCCCCCCCC1. The minimum Gasteiger partial charge on any atom is -0.493 e. The van der Waals surface area contributed by atoms with Crippen LogP contribution in [0.15, 0.2) is 42.5 Å². The summed E-state index contributed by atoms with van der Waals surface area (Å²) in [6, 6.07) is 14.8. The smallest absolute Gasteiger partial charge is 0.328 e. The molecule has 1 fully saturated rings. The van der Waals surface area contributed by atoms with Crippen LogP contribution >= 0.6 is 7.60 Å². The highest BCUT2D eigenvalue weighted by molar-refractivity contribution is 7.51. The van der Waals surface area contributed by atoms with Crippen LogP contribution in [0.2, 0.25) is 0 Å². The summed E-state index contributed by atoms with van der Waals surface area (Å²) < 4.78 is 20.3. The van der Waals surface area contributed by atoms with Crippen LogP contribution in [0.5, 0.6) is 5.75 Å². The fourth-order valence-corrected chi connectivity index (χ4v) is 9.04. The summed E-state index contributed by atoms with van der Waals surface area (Å²) in [7, 11) is -4.19. The zero-order valence-corrected chi connectivity index (χ0v) is 31.9. The number of nitrogens with zero attached hydrogens (tertiary/aromatic N) is 1. The second-order valence-corrected chi connectivity index (χ2v) is 17.1. The number of benzene rings is 2. The fraction of sp³-hybridized carbons (Fsp3) is 0.643. The van der Waals surface area contributed by atoms with E-state index in [2.05, 4.69) is 46.4 Å². The fourth-order valence-electron chi connectivity index (χ4n) is 8.71. The number of carbonyl (C=O) groups excluding carboxylic acids is 1. The lowest BCUT2D eigenvalue weighted by atomic mass is 9.84. The highest BCUT2D eigenvalue weighted by Gasteiger charge is 2.33. The van der Waals surface area contributed by atoms with Crippen molar-refractivity contribution in [3.05, 3.63) is 64.8 Å². The van der Waals surface area contributed by atoms with Crippen molar-refractivity contribution in [1.82, 2.24) is 9.99 Å². The average Bonchev–Trinajstić information content (AvgIpc) is 3.44. The van der Waals surface area contributed by atoms with E-state index in [1.165, 1.54) is 106 Å². The Balaban J connectivity index is 1.46. The van der Waals surface area contributed by atoms with E-state index >= 15 is 0 Å². The number of hydrazine groups is 1. The molecule has 5 N–H and O–H groups in total. The van der Waals surface area contributed by atoms with E-state index < -0.39 is 7.60 Å². The van der Waals surface area contributed by atoms with E-state index in [-0.39, 0.29) is 24.6 Å². The molecule has 282 valence electrons. The van der Waals surface area contributed by atoms with E-state index in [1.807, 2.05) is 6.07 Å². The van der Waals surface area contributed by atoms with Gasteiger partial charge in [-0.3, -0.25) is 14.8 Å². The number of aromatic nitrogens is 1. The predicted octanol–water partition coefficient (Wildman–Crippen LogP) is 9.65. The summed E-state index contributed by atoms with van der Waals surface area (Å²) in [6.07, 6.45) is 25.9. The van der Waals surface area contributed by atoms with Crippen LogP contribution < -0.4 is 16.0 Å². The molecular formula is C42H64N3O5P. The van der Waals surface area contributed by atoms with Gasteiger partial charge in [-0.2, -0.15) is 0 Å². The maximum absolute atomic E-state index is 13.3. The van der Waals surface area contributed by atoms with Crippen molar-refractivity contribution in [2.45, 2.75) is 154 Å². The zero-order valence-electron chi connectivity index (χ0n) is 31.0. The third-order valence-corrected chi connectivity index (χ3v) is 12.2. The Bertz CT molecular complexity index is 1540. The number of ether oxygens (including phenoxy) is 1. The number of aryl methyl sites for hydroxylation is 2. The van der Waals surface area contributed by atoms with E-state index in [4.69, 9.17) is 10.6 Å². The van der Waals surface area contributed by atoms with E-state index in [9.17, 15) is 19.1 Å². The highest BCUT2D eigenvalue weighted by atomic mass is 31.2. The highest BCUT2D eigenvalue weighted by Crippen LogP contribution is 2.43. The number of nitrogens with one attached hydrogen (secondary N) is 1. The molecule has 2 aliphatic carbocycles. The van der Waals surface area contributed by atoms with Crippen LogP contribution in [-0.2, 0) is 35.2 Å². The molecule has 0 aliphatic heterocycles. The van der Waals surface area contributed by atoms with Gasteiger partial charge in [0.15, 0.2) is 0 Å². The summed E-state index contributed by atoms with van der Waals surface area (Å²) >= 11 is 0. The Morgan fingerprint density at radius 2 is 1.45 bits per heavy atom. The van der Waals surface area contributed by atoms with E-state index in [0.29, 0.717) is 11.7 Å². The molecule has 0 bridgehead atoms. The Hall–Kier alpha value is -2.64. The molecular weight excluding hydrogens is 657 g/mol. The third-order valence-electron chi connectivity index (χ3n) is 11.4. The van der Waals surface area contributed by atoms with E-state index in [0.717, 1.165) is 75.3 Å². The number of unbranched alkanes of at least 4 members (excludes halogenated alkanes) is 3. The lowest BCUT2D eigenvalue weighted by Crippen LogP contribution is -2.36. The molecule has 1 saturated carbocycles. The maximum atomic E-state index is 13.3. The molecule has 2 aromatic carbocycles. The van der Waals surface area contributed by atoms with Crippen molar-refractivity contribution < 1.29 is 23.9 Å². The number of fused-ring (bicyclic) bond motifs is 3. The molecule has 0 spiro atoms. The number of amides is 1. The molecule has 3 aromatic rings. The molecule has 5 rings (SSSR count). The van der Waals surface area contributed by atoms with Crippen molar-refractivity contribution >= 4 is 24.4 Å². The zero-order chi connectivity index (χ0) is 35.9. The van der Waals surface area contributed by atoms with E-state index in [1.54, 1.807) is 0 Å². The molecule has 1 amide bonds. The van der Waals surface area contributed by atoms with Gasteiger partial charge in [-0.05, 0) is 92.5 Å². The van der Waals surface area contributed by atoms with Crippen LogP contribution in [0, 0.1) is 5.92 Å². The minimum absolute atomic E-state index is 0.0631. The van der Waals surface area contributed by atoms with Gasteiger partial charge in [0.05, 0.1) is 24.2 Å². The normalized spacial score (nSPS) is 18.6. The molecule has 51 heavy (non-hydrogen) atoms. The molecule has 1 aromatic heterocycles. The van der Waals surface area contributed by atoms with Crippen LogP contribution in [0.25, 0.3) is 10.9 Å². The summed E-state index contributed by atoms with van der Waals surface area (Å²) in [5, 5.41) is 1.05. The molecule has 0 saturated heterocycles. The van der Waals surface area contributed by atoms with Gasteiger partial charge in [0.2, 0.25) is 5.91 Å². The summed E-state index contributed by atoms with van der Waals surface area (Å²) in [5.41, 5.74) is 8.62. The second kappa shape index (κ2) is 20.6. The molecule has 9 heteroatoms. The molecule has 0 radical (unpaired) electrons. The summed E-state index contributed by atoms with van der Waals surface area (Å²) in [4.78, 5) is 32.3. The maximum Gasteiger partial charge on any atom is 0.328 e. The Labute approximate surface area is 306 Å². The third kappa shape index (κ3) is 12.2. The van der Waals surface area contributed by atoms with Crippen LogP contribution in [0.4, 0.5) is 0 Å². The topological polar surface area (TPSA) is 127 Å². The van der Waals surface area contributed by atoms with Crippen molar-refractivity contribution in [3.63, 3.8) is 0 Å². The molecule has 1 heterocycles.